The maximum atomic E-state index is 12.0. The van der Waals surface area contributed by atoms with Gasteiger partial charge in [-0.05, 0) is 40.8 Å². The van der Waals surface area contributed by atoms with Crippen LogP contribution in [0.5, 0.6) is 11.5 Å². The Morgan fingerprint density at radius 1 is 1.04 bits per heavy atom. The lowest BCUT2D eigenvalue weighted by molar-refractivity contribution is -0.124. The van der Waals surface area contributed by atoms with Gasteiger partial charge in [0, 0.05) is 15.7 Å². The van der Waals surface area contributed by atoms with Crippen molar-refractivity contribution >= 4 is 34.5 Å². The van der Waals surface area contributed by atoms with Gasteiger partial charge in [0.05, 0.1) is 19.8 Å². The molecule has 25 heavy (non-hydrogen) atoms. The number of esters is 1. The van der Waals surface area contributed by atoms with Gasteiger partial charge in [-0.3, -0.25) is 4.79 Å². The molecule has 0 aromatic heterocycles. The highest BCUT2D eigenvalue weighted by atomic mass is 127. The highest BCUT2D eigenvalue weighted by Crippen LogP contribution is 2.30. The SMILES string of the molecule is COc1cccc(CNC(=O)COC(=O)c2ccccc2I)c1OC. The molecule has 2 rings (SSSR count). The zero-order valence-corrected chi connectivity index (χ0v) is 16.0. The van der Waals surface area contributed by atoms with Gasteiger partial charge < -0.3 is 19.5 Å². The first-order chi connectivity index (χ1) is 12.1. The van der Waals surface area contributed by atoms with Gasteiger partial charge in [-0.25, -0.2) is 4.79 Å². The number of rotatable bonds is 7. The number of carbonyl (C=O) groups excluding carboxylic acids is 2. The lowest BCUT2D eigenvalue weighted by atomic mass is 10.2. The van der Waals surface area contributed by atoms with Gasteiger partial charge in [0.15, 0.2) is 18.1 Å². The lowest BCUT2D eigenvalue weighted by Gasteiger charge is -2.13. The third-order valence-electron chi connectivity index (χ3n) is 3.39. The molecule has 0 aliphatic heterocycles. The van der Waals surface area contributed by atoms with Crippen molar-refractivity contribution in [1.29, 1.82) is 0 Å². The minimum Gasteiger partial charge on any atom is -0.493 e. The summed E-state index contributed by atoms with van der Waals surface area (Å²) < 4.78 is 16.3. The molecule has 0 fully saturated rings. The van der Waals surface area contributed by atoms with E-state index in [0.717, 1.165) is 9.13 Å². The topological polar surface area (TPSA) is 73.9 Å². The molecule has 0 saturated heterocycles. The average Bonchev–Trinajstić information content (AvgIpc) is 2.64. The highest BCUT2D eigenvalue weighted by Gasteiger charge is 2.14. The predicted molar refractivity (Wildman–Crippen MR) is 101 cm³/mol. The summed E-state index contributed by atoms with van der Waals surface area (Å²) in [5, 5.41) is 2.69. The first kappa shape index (κ1) is 19.0. The molecule has 132 valence electrons. The molecule has 6 nitrogen and oxygen atoms in total. The van der Waals surface area contributed by atoms with E-state index in [0.29, 0.717) is 17.1 Å². The number of para-hydroxylation sites is 1. The summed E-state index contributed by atoms with van der Waals surface area (Å²) in [4.78, 5) is 23.9. The molecular formula is C18H18INO5. The summed E-state index contributed by atoms with van der Waals surface area (Å²) in [5.41, 5.74) is 1.20. The van der Waals surface area contributed by atoms with Gasteiger partial charge >= 0.3 is 5.97 Å². The fourth-order valence-electron chi connectivity index (χ4n) is 2.17. The van der Waals surface area contributed by atoms with E-state index in [1.807, 2.05) is 34.7 Å². The molecule has 0 radical (unpaired) electrons. The fraction of sp³-hybridized carbons (Fsp3) is 0.222. The van der Waals surface area contributed by atoms with Crippen LogP contribution in [0.1, 0.15) is 15.9 Å². The van der Waals surface area contributed by atoms with E-state index in [1.54, 1.807) is 37.4 Å². The van der Waals surface area contributed by atoms with Crippen molar-refractivity contribution in [3.63, 3.8) is 0 Å². The summed E-state index contributed by atoms with van der Waals surface area (Å²) in [5.74, 6) is 0.212. The van der Waals surface area contributed by atoms with Crippen molar-refractivity contribution in [1.82, 2.24) is 5.32 Å². The van der Waals surface area contributed by atoms with Crippen molar-refractivity contribution in [3.8, 4) is 11.5 Å². The number of nitrogens with one attached hydrogen (secondary N) is 1. The van der Waals surface area contributed by atoms with Gasteiger partial charge in [0.2, 0.25) is 0 Å². The van der Waals surface area contributed by atoms with E-state index >= 15 is 0 Å². The third kappa shape index (κ3) is 5.09. The largest absolute Gasteiger partial charge is 0.493 e. The average molecular weight is 455 g/mol. The van der Waals surface area contributed by atoms with Crippen LogP contribution < -0.4 is 14.8 Å². The van der Waals surface area contributed by atoms with Crippen LogP contribution in [0.25, 0.3) is 0 Å². The molecular weight excluding hydrogens is 437 g/mol. The quantitative estimate of drug-likeness (QED) is 0.514. The Balaban J connectivity index is 1.89. The minimum atomic E-state index is -0.529. The van der Waals surface area contributed by atoms with E-state index in [2.05, 4.69) is 5.32 Å². The lowest BCUT2D eigenvalue weighted by Crippen LogP contribution is -2.28. The van der Waals surface area contributed by atoms with Crippen molar-refractivity contribution in [2.45, 2.75) is 6.54 Å². The van der Waals surface area contributed by atoms with Gasteiger partial charge in [-0.2, -0.15) is 0 Å². The van der Waals surface area contributed by atoms with E-state index in [-0.39, 0.29) is 13.2 Å². The molecule has 0 heterocycles. The molecule has 2 aromatic rings. The first-order valence-electron chi connectivity index (χ1n) is 7.45. The Morgan fingerprint density at radius 2 is 1.80 bits per heavy atom. The van der Waals surface area contributed by atoms with E-state index in [9.17, 15) is 9.59 Å². The van der Waals surface area contributed by atoms with E-state index in [1.165, 1.54) is 7.11 Å². The number of halogens is 1. The zero-order valence-electron chi connectivity index (χ0n) is 13.9. The Bertz CT molecular complexity index is 763. The molecule has 0 atom stereocenters. The van der Waals surface area contributed by atoms with Crippen molar-refractivity contribution < 1.29 is 23.8 Å². The standard InChI is InChI=1S/C18H18INO5/c1-23-15-9-5-6-12(17(15)24-2)10-20-16(21)11-25-18(22)13-7-3-4-8-14(13)19/h3-9H,10-11H2,1-2H3,(H,20,21). The molecule has 7 heteroatoms. The van der Waals surface area contributed by atoms with Crippen molar-refractivity contribution in [3.05, 3.63) is 57.2 Å². The number of hydrogen-bond donors (Lipinski definition) is 1. The van der Waals surface area contributed by atoms with E-state index in [4.69, 9.17) is 14.2 Å². The Hall–Kier alpha value is -2.29. The van der Waals surface area contributed by atoms with Crippen LogP contribution in [0.15, 0.2) is 42.5 Å². The second-order valence-corrected chi connectivity index (χ2v) is 6.15. The normalized spacial score (nSPS) is 10.0. The van der Waals surface area contributed by atoms with Gasteiger partial charge in [0.1, 0.15) is 0 Å². The molecule has 1 N–H and O–H groups in total. The Labute approximate surface area is 159 Å². The van der Waals surface area contributed by atoms with Crippen molar-refractivity contribution in [2.24, 2.45) is 0 Å². The minimum absolute atomic E-state index is 0.236. The molecule has 2 aromatic carbocycles. The summed E-state index contributed by atoms with van der Waals surface area (Å²) in [6.07, 6.45) is 0. The maximum Gasteiger partial charge on any atom is 0.339 e. The molecule has 0 unspecified atom stereocenters. The monoisotopic (exact) mass is 455 g/mol. The number of benzene rings is 2. The molecule has 0 aliphatic rings. The highest BCUT2D eigenvalue weighted by molar-refractivity contribution is 14.1. The first-order valence-corrected chi connectivity index (χ1v) is 8.53. The fourth-order valence-corrected chi connectivity index (χ4v) is 2.78. The number of carbonyl (C=O) groups is 2. The summed E-state index contributed by atoms with van der Waals surface area (Å²) >= 11 is 2.04. The Kier molecular flexibility index (Phi) is 7.05. The van der Waals surface area contributed by atoms with Crippen LogP contribution in [-0.2, 0) is 16.1 Å². The summed E-state index contributed by atoms with van der Waals surface area (Å²) in [7, 11) is 3.08. The van der Waals surface area contributed by atoms with Crippen LogP contribution in [0, 0.1) is 3.57 Å². The molecule has 0 spiro atoms. The summed E-state index contributed by atoms with van der Waals surface area (Å²) in [6, 6.07) is 12.4. The van der Waals surface area contributed by atoms with Gasteiger partial charge in [-0.1, -0.05) is 24.3 Å². The maximum absolute atomic E-state index is 12.0. The van der Waals surface area contributed by atoms with Gasteiger partial charge in [-0.15, -0.1) is 0 Å². The molecule has 0 bridgehead atoms. The van der Waals surface area contributed by atoms with Crippen LogP contribution in [0.3, 0.4) is 0 Å². The smallest absolute Gasteiger partial charge is 0.339 e. The number of amides is 1. The van der Waals surface area contributed by atoms with Crippen LogP contribution in [0.2, 0.25) is 0 Å². The molecule has 0 aliphatic carbocycles. The molecule has 0 saturated carbocycles. The number of methoxy groups -OCH3 is 2. The van der Waals surface area contributed by atoms with Crippen LogP contribution >= 0.6 is 22.6 Å². The Morgan fingerprint density at radius 3 is 2.48 bits per heavy atom. The number of hydrogen-bond acceptors (Lipinski definition) is 5. The zero-order chi connectivity index (χ0) is 18.2. The van der Waals surface area contributed by atoms with Crippen LogP contribution in [0.4, 0.5) is 0 Å². The summed E-state index contributed by atoms with van der Waals surface area (Å²) in [6.45, 7) is -0.115. The predicted octanol–water partition coefficient (Wildman–Crippen LogP) is 2.78. The third-order valence-corrected chi connectivity index (χ3v) is 4.33. The van der Waals surface area contributed by atoms with E-state index < -0.39 is 11.9 Å². The number of ether oxygens (including phenoxy) is 3. The second-order valence-electron chi connectivity index (χ2n) is 4.99. The second kappa shape index (κ2) is 9.26. The molecule has 1 amide bonds. The van der Waals surface area contributed by atoms with Crippen molar-refractivity contribution in [2.75, 3.05) is 20.8 Å². The van der Waals surface area contributed by atoms with Gasteiger partial charge in [0.25, 0.3) is 5.91 Å². The van der Waals surface area contributed by atoms with Crippen LogP contribution in [-0.4, -0.2) is 32.7 Å².